The molecule has 1 N–H and O–H groups in total. The summed E-state index contributed by atoms with van der Waals surface area (Å²) in [5, 5.41) is 3.42. The molecule has 0 heterocycles. The molecule has 1 aromatic rings. The molecule has 15 heavy (non-hydrogen) atoms. The minimum atomic E-state index is -0.153. The van der Waals surface area contributed by atoms with Gasteiger partial charge in [0, 0.05) is 5.54 Å². The highest BCUT2D eigenvalue weighted by Gasteiger charge is 2.08. The minimum absolute atomic E-state index is 0.147. The number of aryl methyl sites for hydroxylation is 1. The van der Waals surface area contributed by atoms with Gasteiger partial charge in [-0.25, -0.2) is 4.39 Å². The molecule has 2 heteroatoms. The highest BCUT2D eigenvalue weighted by atomic mass is 19.1. The summed E-state index contributed by atoms with van der Waals surface area (Å²) >= 11 is 0. The first-order valence-electron chi connectivity index (χ1n) is 5.38. The average Bonchev–Trinajstić information content (AvgIpc) is 2.07. The Labute approximate surface area is 91.7 Å². The van der Waals surface area contributed by atoms with E-state index in [1.807, 2.05) is 13.0 Å². The highest BCUT2D eigenvalue weighted by Crippen LogP contribution is 2.10. The molecule has 0 spiro atoms. The maximum absolute atomic E-state index is 12.8. The normalized spacial score (nSPS) is 11.8. The van der Waals surface area contributed by atoms with Crippen molar-refractivity contribution < 1.29 is 4.39 Å². The molecular weight excluding hydrogens is 189 g/mol. The van der Waals surface area contributed by atoms with Crippen LogP contribution in [0.2, 0.25) is 0 Å². The van der Waals surface area contributed by atoms with Gasteiger partial charge in [0.2, 0.25) is 0 Å². The van der Waals surface area contributed by atoms with E-state index >= 15 is 0 Å². The fourth-order valence-corrected chi connectivity index (χ4v) is 1.51. The maximum Gasteiger partial charge on any atom is 0.123 e. The number of nitrogens with one attached hydrogen (secondary N) is 1. The molecule has 0 atom stereocenters. The Hall–Kier alpha value is -0.890. The van der Waals surface area contributed by atoms with Gasteiger partial charge in [-0.3, -0.25) is 0 Å². The van der Waals surface area contributed by atoms with Crippen molar-refractivity contribution in [3.63, 3.8) is 0 Å². The van der Waals surface area contributed by atoms with Crippen LogP contribution in [-0.4, -0.2) is 12.1 Å². The van der Waals surface area contributed by atoms with Gasteiger partial charge >= 0.3 is 0 Å². The largest absolute Gasteiger partial charge is 0.312 e. The predicted molar refractivity (Wildman–Crippen MR) is 62.6 cm³/mol. The SMILES string of the molecule is Cc1cc(F)ccc1CCNC(C)(C)C. The van der Waals surface area contributed by atoms with Gasteiger partial charge < -0.3 is 5.32 Å². The van der Waals surface area contributed by atoms with Crippen LogP contribution in [0.15, 0.2) is 18.2 Å². The van der Waals surface area contributed by atoms with Crippen molar-refractivity contribution in [3.8, 4) is 0 Å². The lowest BCUT2D eigenvalue weighted by atomic mass is 10.0. The Morgan fingerprint density at radius 2 is 1.93 bits per heavy atom. The summed E-state index contributed by atoms with van der Waals surface area (Å²) < 4.78 is 12.8. The van der Waals surface area contributed by atoms with Crippen molar-refractivity contribution in [2.75, 3.05) is 6.54 Å². The topological polar surface area (TPSA) is 12.0 Å². The summed E-state index contributed by atoms with van der Waals surface area (Å²) in [4.78, 5) is 0. The molecule has 0 aromatic heterocycles. The first-order chi connectivity index (χ1) is 6.88. The third-order valence-corrected chi connectivity index (χ3v) is 2.35. The van der Waals surface area contributed by atoms with Gasteiger partial charge in [-0.05, 0) is 63.9 Å². The van der Waals surface area contributed by atoms with Gasteiger partial charge in [-0.2, -0.15) is 0 Å². The van der Waals surface area contributed by atoms with Gasteiger partial charge in [0.25, 0.3) is 0 Å². The number of benzene rings is 1. The summed E-state index contributed by atoms with van der Waals surface area (Å²) in [6.07, 6.45) is 0.948. The van der Waals surface area contributed by atoms with Crippen LogP contribution >= 0.6 is 0 Å². The molecule has 0 aliphatic carbocycles. The fraction of sp³-hybridized carbons (Fsp3) is 0.538. The van der Waals surface area contributed by atoms with Crippen molar-refractivity contribution in [2.45, 2.75) is 39.7 Å². The Morgan fingerprint density at radius 1 is 1.27 bits per heavy atom. The van der Waals surface area contributed by atoms with Crippen LogP contribution in [0.1, 0.15) is 31.9 Å². The molecule has 1 aromatic carbocycles. The maximum atomic E-state index is 12.8. The van der Waals surface area contributed by atoms with Crippen LogP contribution in [-0.2, 0) is 6.42 Å². The van der Waals surface area contributed by atoms with Crippen molar-refractivity contribution in [1.29, 1.82) is 0 Å². The molecule has 84 valence electrons. The second kappa shape index (κ2) is 4.75. The van der Waals surface area contributed by atoms with E-state index < -0.39 is 0 Å². The van der Waals surface area contributed by atoms with Crippen LogP contribution in [0.3, 0.4) is 0 Å². The van der Waals surface area contributed by atoms with Crippen LogP contribution in [0.4, 0.5) is 4.39 Å². The smallest absolute Gasteiger partial charge is 0.123 e. The van der Waals surface area contributed by atoms with E-state index in [4.69, 9.17) is 0 Å². The molecule has 0 amide bonds. The van der Waals surface area contributed by atoms with Crippen LogP contribution in [0.25, 0.3) is 0 Å². The zero-order chi connectivity index (χ0) is 11.5. The van der Waals surface area contributed by atoms with E-state index in [1.54, 1.807) is 6.07 Å². The van der Waals surface area contributed by atoms with E-state index in [2.05, 4.69) is 26.1 Å². The van der Waals surface area contributed by atoms with Gasteiger partial charge in [0.1, 0.15) is 5.82 Å². The summed E-state index contributed by atoms with van der Waals surface area (Å²) in [5.41, 5.74) is 2.40. The minimum Gasteiger partial charge on any atom is -0.312 e. The Kier molecular flexibility index (Phi) is 3.86. The van der Waals surface area contributed by atoms with Gasteiger partial charge in [0.15, 0.2) is 0 Å². The predicted octanol–water partition coefficient (Wildman–Crippen LogP) is 3.06. The lowest BCUT2D eigenvalue weighted by molar-refractivity contribution is 0.429. The summed E-state index contributed by atoms with van der Waals surface area (Å²) in [7, 11) is 0. The lowest BCUT2D eigenvalue weighted by Crippen LogP contribution is -2.37. The Balaban J connectivity index is 2.51. The second-order valence-electron chi connectivity index (χ2n) is 5.00. The van der Waals surface area contributed by atoms with E-state index in [-0.39, 0.29) is 11.4 Å². The number of rotatable bonds is 3. The molecule has 0 aliphatic heterocycles. The van der Waals surface area contributed by atoms with E-state index in [9.17, 15) is 4.39 Å². The zero-order valence-electron chi connectivity index (χ0n) is 10.0. The molecule has 0 radical (unpaired) electrons. The second-order valence-corrected chi connectivity index (χ2v) is 5.00. The molecule has 1 nitrogen and oxygen atoms in total. The lowest BCUT2D eigenvalue weighted by Gasteiger charge is -2.20. The molecule has 0 unspecified atom stereocenters. The van der Waals surface area contributed by atoms with Gasteiger partial charge in [-0.15, -0.1) is 0 Å². The van der Waals surface area contributed by atoms with Gasteiger partial charge in [-0.1, -0.05) is 6.07 Å². The highest BCUT2D eigenvalue weighted by molar-refractivity contribution is 5.26. The molecule has 0 saturated carbocycles. The number of hydrogen-bond donors (Lipinski definition) is 1. The average molecular weight is 209 g/mol. The standard InChI is InChI=1S/C13H20FN/c1-10-9-12(14)6-5-11(10)7-8-15-13(2,3)4/h5-6,9,15H,7-8H2,1-4H3. The zero-order valence-corrected chi connectivity index (χ0v) is 10.0. The van der Waals surface area contributed by atoms with Crippen molar-refractivity contribution in [2.24, 2.45) is 0 Å². The fourth-order valence-electron chi connectivity index (χ4n) is 1.51. The van der Waals surface area contributed by atoms with E-state index in [0.717, 1.165) is 18.5 Å². The Bertz CT molecular complexity index is 326. The monoisotopic (exact) mass is 209 g/mol. The molecular formula is C13H20FN. The van der Waals surface area contributed by atoms with Crippen LogP contribution in [0, 0.1) is 12.7 Å². The summed E-state index contributed by atoms with van der Waals surface area (Å²) in [6.45, 7) is 9.31. The van der Waals surface area contributed by atoms with Gasteiger partial charge in [0.05, 0.1) is 0 Å². The van der Waals surface area contributed by atoms with E-state index in [0.29, 0.717) is 0 Å². The number of halogens is 1. The van der Waals surface area contributed by atoms with Crippen molar-refractivity contribution in [3.05, 3.63) is 35.1 Å². The quantitative estimate of drug-likeness (QED) is 0.806. The molecule has 0 fully saturated rings. The third-order valence-electron chi connectivity index (χ3n) is 2.35. The summed E-state index contributed by atoms with van der Waals surface area (Å²) in [6, 6.07) is 4.99. The molecule has 0 aliphatic rings. The third kappa shape index (κ3) is 4.43. The number of hydrogen-bond acceptors (Lipinski definition) is 1. The first-order valence-corrected chi connectivity index (χ1v) is 5.38. The van der Waals surface area contributed by atoms with Crippen LogP contribution < -0.4 is 5.32 Å². The van der Waals surface area contributed by atoms with Crippen LogP contribution in [0.5, 0.6) is 0 Å². The summed E-state index contributed by atoms with van der Waals surface area (Å²) in [5.74, 6) is -0.153. The van der Waals surface area contributed by atoms with E-state index in [1.165, 1.54) is 11.6 Å². The Morgan fingerprint density at radius 3 is 2.47 bits per heavy atom. The first kappa shape index (κ1) is 12.2. The molecule has 0 bridgehead atoms. The molecule has 0 saturated heterocycles. The molecule has 1 rings (SSSR count). The van der Waals surface area contributed by atoms with Crippen molar-refractivity contribution >= 4 is 0 Å². The van der Waals surface area contributed by atoms with Crippen molar-refractivity contribution in [1.82, 2.24) is 5.32 Å².